The Balaban J connectivity index is 1.55. The van der Waals surface area contributed by atoms with Crippen LogP contribution in [0.15, 0.2) is 51.3 Å². The Morgan fingerprint density at radius 2 is 2.14 bits per heavy atom. The summed E-state index contributed by atoms with van der Waals surface area (Å²) in [5.74, 6) is 0.124. The van der Waals surface area contributed by atoms with Gasteiger partial charge in [0, 0.05) is 11.1 Å². The van der Waals surface area contributed by atoms with Gasteiger partial charge in [-0.25, -0.2) is 10.4 Å². The molecule has 1 amide bonds. The first-order valence-electron chi connectivity index (χ1n) is 7.75. The van der Waals surface area contributed by atoms with Crippen molar-refractivity contribution in [2.75, 3.05) is 5.32 Å². The van der Waals surface area contributed by atoms with Crippen LogP contribution in [0.5, 0.6) is 0 Å². The van der Waals surface area contributed by atoms with E-state index in [0.717, 1.165) is 12.1 Å². The summed E-state index contributed by atoms with van der Waals surface area (Å²) in [7, 11) is 0. The summed E-state index contributed by atoms with van der Waals surface area (Å²) in [6.07, 6.45) is -3.06. The zero-order valence-electron chi connectivity index (χ0n) is 14.0. The first-order valence-corrected chi connectivity index (χ1v) is 9.71. The largest absolute Gasteiger partial charge is 0.449 e. The van der Waals surface area contributed by atoms with Gasteiger partial charge in [-0.1, -0.05) is 6.07 Å². The molecule has 0 aliphatic carbocycles. The lowest BCUT2D eigenvalue weighted by Crippen LogP contribution is -2.19. The summed E-state index contributed by atoms with van der Waals surface area (Å²) in [6.45, 7) is 0. The third-order valence-electron chi connectivity index (χ3n) is 3.31. The predicted molar refractivity (Wildman–Crippen MR) is 108 cm³/mol. The van der Waals surface area contributed by atoms with Crippen LogP contribution < -0.4 is 10.7 Å². The number of rotatable bonds is 6. The Kier molecular flexibility index (Phi) is 6.34. The normalized spacial score (nSPS) is 11.7. The highest BCUT2D eigenvalue weighted by molar-refractivity contribution is 14.1. The van der Waals surface area contributed by atoms with Crippen LogP contribution in [0, 0.1) is 3.77 Å². The quantitative estimate of drug-likeness (QED) is 0.278. The molecule has 0 saturated heterocycles. The molecule has 0 radical (unpaired) electrons. The summed E-state index contributed by atoms with van der Waals surface area (Å²) in [4.78, 5) is 16.1. The standard InChI is InChI=1S/C17H12F3IN4O2S/c18-17(19,20)10-2-1-3-11(6-10)23-16-24-12(9-28-16)7-15(26)25-22-8-13-4-5-14(21)27-13/h1-6,8-9H,7H2,(H,23,24)(H,25,26)/b22-8-. The molecule has 0 aliphatic heterocycles. The van der Waals surface area contributed by atoms with Crippen molar-refractivity contribution in [3.63, 3.8) is 0 Å². The molecule has 1 aromatic carbocycles. The van der Waals surface area contributed by atoms with Crippen molar-refractivity contribution < 1.29 is 22.4 Å². The average Bonchev–Trinajstić information content (AvgIpc) is 3.23. The monoisotopic (exact) mass is 520 g/mol. The van der Waals surface area contributed by atoms with Crippen LogP contribution in [0.3, 0.4) is 0 Å². The summed E-state index contributed by atoms with van der Waals surface area (Å²) >= 11 is 3.20. The van der Waals surface area contributed by atoms with E-state index in [1.54, 1.807) is 17.5 Å². The van der Waals surface area contributed by atoms with Crippen molar-refractivity contribution >= 4 is 56.9 Å². The van der Waals surface area contributed by atoms with Crippen molar-refractivity contribution in [2.45, 2.75) is 12.6 Å². The average molecular weight is 520 g/mol. The van der Waals surface area contributed by atoms with E-state index in [1.165, 1.54) is 29.7 Å². The first-order chi connectivity index (χ1) is 13.3. The predicted octanol–water partition coefficient (Wildman–Crippen LogP) is 4.80. The van der Waals surface area contributed by atoms with Crippen LogP contribution in [0.1, 0.15) is 17.0 Å². The van der Waals surface area contributed by atoms with Crippen molar-refractivity contribution in [3.8, 4) is 0 Å². The van der Waals surface area contributed by atoms with E-state index in [9.17, 15) is 18.0 Å². The number of hydrogen-bond donors (Lipinski definition) is 2. The number of aromatic nitrogens is 1. The van der Waals surface area contributed by atoms with Gasteiger partial charge < -0.3 is 9.73 Å². The van der Waals surface area contributed by atoms with E-state index in [1.807, 2.05) is 22.6 Å². The molecule has 0 unspecified atom stereocenters. The molecular formula is C17H12F3IN4O2S. The number of carbonyl (C=O) groups excluding carboxylic acids is 1. The maximum absolute atomic E-state index is 12.8. The number of hydrogen-bond acceptors (Lipinski definition) is 6. The number of nitrogens with zero attached hydrogens (tertiary/aromatic N) is 2. The zero-order valence-corrected chi connectivity index (χ0v) is 16.9. The molecule has 28 heavy (non-hydrogen) atoms. The molecule has 0 fully saturated rings. The van der Waals surface area contributed by atoms with E-state index >= 15 is 0 Å². The van der Waals surface area contributed by atoms with Gasteiger partial charge in [0.05, 0.1) is 23.9 Å². The van der Waals surface area contributed by atoms with Crippen molar-refractivity contribution in [1.82, 2.24) is 10.4 Å². The fraction of sp³-hybridized carbons (Fsp3) is 0.118. The van der Waals surface area contributed by atoms with Crippen molar-refractivity contribution in [1.29, 1.82) is 0 Å². The Morgan fingerprint density at radius 3 is 2.86 bits per heavy atom. The Bertz CT molecular complexity index is 1000. The molecule has 11 heteroatoms. The second-order valence-electron chi connectivity index (χ2n) is 5.46. The van der Waals surface area contributed by atoms with Gasteiger partial charge in [-0.2, -0.15) is 18.3 Å². The van der Waals surface area contributed by atoms with E-state index in [0.29, 0.717) is 20.4 Å². The molecule has 6 nitrogen and oxygen atoms in total. The van der Waals surface area contributed by atoms with E-state index in [4.69, 9.17) is 4.42 Å². The van der Waals surface area contributed by atoms with Gasteiger partial charge in [-0.05, 0) is 52.9 Å². The third-order valence-corrected chi connectivity index (χ3v) is 4.70. The van der Waals surface area contributed by atoms with Gasteiger partial charge in [0.1, 0.15) is 5.76 Å². The number of nitrogens with one attached hydrogen (secondary N) is 2. The van der Waals surface area contributed by atoms with Crippen LogP contribution in [0.4, 0.5) is 24.0 Å². The van der Waals surface area contributed by atoms with E-state index < -0.39 is 11.7 Å². The highest BCUT2D eigenvalue weighted by Gasteiger charge is 2.30. The second-order valence-corrected chi connectivity index (χ2v) is 7.38. The molecular weight excluding hydrogens is 508 g/mol. The fourth-order valence-electron chi connectivity index (χ4n) is 2.11. The van der Waals surface area contributed by atoms with E-state index in [-0.39, 0.29) is 18.0 Å². The summed E-state index contributed by atoms with van der Waals surface area (Å²) in [6, 6.07) is 8.28. The van der Waals surface area contributed by atoms with Crippen LogP contribution in [-0.4, -0.2) is 17.1 Å². The molecule has 0 spiro atoms. The molecule has 2 N–H and O–H groups in total. The number of alkyl halides is 3. The number of anilines is 2. The van der Waals surface area contributed by atoms with E-state index in [2.05, 4.69) is 20.8 Å². The number of benzene rings is 1. The first kappa shape index (κ1) is 20.3. The second kappa shape index (κ2) is 8.73. The lowest BCUT2D eigenvalue weighted by molar-refractivity contribution is -0.137. The Morgan fingerprint density at radius 1 is 1.32 bits per heavy atom. The minimum atomic E-state index is -4.42. The number of carbonyl (C=O) groups is 1. The molecule has 0 saturated carbocycles. The van der Waals surface area contributed by atoms with Crippen LogP contribution in [0.25, 0.3) is 0 Å². The van der Waals surface area contributed by atoms with Gasteiger partial charge in [0.2, 0.25) is 5.91 Å². The number of amides is 1. The minimum absolute atomic E-state index is 0.0200. The molecule has 146 valence electrons. The molecule has 2 aromatic heterocycles. The lowest BCUT2D eigenvalue weighted by Gasteiger charge is -2.08. The maximum atomic E-state index is 12.8. The van der Waals surface area contributed by atoms with Gasteiger partial charge in [0.25, 0.3) is 0 Å². The van der Waals surface area contributed by atoms with Crippen LogP contribution in [-0.2, 0) is 17.4 Å². The number of hydrazone groups is 1. The lowest BCUT2D eigenvalue weighted by atomic mass is 10.2. The highest BCUT2D eigenvalue weighted by Crippen LogP contribution is 2.31. The highest BCUT2D eigenvalue weighted by atomic mass is 127. The van der Waals surface area contributed by atoms with Crippen LogP contribution in [0.2, 0.25) is 0 Å². The Labute approximate surface area is 175 Å². The molecule has 3 aromatic rings. The third kappa shape index (κ3) is 5.79. The molecule has 0 aliphatic rings. The number of halogens is 4. The zero-order chi connectivity index (χ0) is 20.1. The summed E-state index contributed by atoms with van der Waals surface area (Å²) < 4.78 is 44.3. The smallest absolute Gasteiger partial charge is 0.416 e. The maximum Gasteiger partial charge on any atom is 0.416 e. The summed E-state index contributed by atoms with van der Waals surface area (Å²) in [5.41, 5.74) is 2.34. The van der Waals surface area contributed by atoms with Crippen molar-refractivity contribution in [3.05, 3.63) is 62.6 Å². The topological polar surface area (TPSA) is 79.5 Å². The van der Waals surface area contributed by atoms with Gasteiger partial charge in [-0.15, -0.1) is 11.3 Å². The number of furan rings is 1. The molecule has 0 atom stereocenters. The molecule has 2 heterocycles. The SMILES string of the molecule is O=C(Cc1csc(Nc2cccc(C(F)(F)F)c2)n1)N/N=C\c1ccc(I)o1. The Hall–Kier alpha value is -2.41. The summed E-state index contributed by atoms with van der Waals surface area (Å²) in [5, 5.41) is 8.63. The minimum Gasteiger partial charge on any atom is -0.449 e. The van der Waals surface area contributed by atoms with Crippen molar-refractivity contribution in [2.24, 2.45) is 5.10 Å². The molecule has 0 bridgehead atoms. The van der Waals surface area contributed by atoms with Gasteiger partial charge in [-0.3, -0.25) is 4.79 Å². The van der Waals surface area contributed by atoms with Crippen LogP contribution >= 0.6 is 33.9 Å². The van der Waals surface area contributed by atoms with Gasteiger partial charge >= 0.3 is 6.18 Å². The molecule has 3 rings (SSSR count). The number of thiazole rings is 1. The van der Waals surface area contributed by atoms with Gasteiger partial charge in [0.15, 0.2) is 8.90 Å². The fourth-order valence-corrected chi connectivity index (χ4v) is 3.28.